The third-order valence-electron chi connectivity index (χ3n) is 4.74. The average Bonchev–Trinajstić information content (AvgIpc) is 2.83. The van der Waals surface area contributed by atoms with Gasteiger partial charge in [-0.3, -0.25) is 9.78 Å². The Morgan fingerprint density at radius 1 is 0.968 bits per heavy atom. The van der Waals surface area contributed by atoms with Crippen LogP contribution in [-0.4, -0.2) is 42.1 Å². The van der Waals surface area contributed by atoms with E-state index in [2.05, 4.69) is 25.6 Å². The second kappa shape index (κ2) is 8.66. The number of nitrogens with one attached hydrogen (secondary N) is 2. The molecule has 2 N–H and O–H groups in total. The van der Waals surface area contributed by atoms with Gasteiger partial charge in [-0.2, -0.15) is 0 Å². The Morgan fingerprint density at radius 2 is 1.77 bits per heavy atom. The number of benzene rings is 2. The smallest absolute Gasteiger partial charge is 0.255 e. The highest BCUT2D eigenvalue weighted by atomic mass is 16.5. The predicted octanol–water partition coefficient (Wildman–Crippen LogP) is 4.00. The predicted molar refractivity (Wildman–Crippen MR) is 120 cm³/mol. The Labute approximate surface area is 179 Å². The lowest BCUT2D eigenvalue weighted by Crippen LogP contribution is -2.12. The lowest BCUT2D eigenvalue weighted by Gasteiger charge is -2.13. The van der Waals surface area contributed by atoms with Crippen LogP contribution in [0.5, 0.6) is 11.5 Å². The molecule has 0 atom stereocenters. The third kappa shape index (κ3) is 4.09. The van der Waals surface area contributed by atoms with Crippen molar-refractivity contribution in [1.29, 1.82) is 0 Å². The molecule has 1 amide bonds. The number of methoxy groups -OCH3 is 2. The molecule has 0 unspecified atom stereocenters. The molecule has 0 bridgehead atoms. The molecule has 0 aliphatic heterocycles. The lowest BCUT2D eigenvalue weighted by molar-refractivity contribution is 0.102. The van der Waals surface area contributed by atoms with E-state index >= 15 is 0 Å². The highest BCUT2D eigenvalue weighted by molar-refractivity contribution is 6.05. The minimum Gasteiger partial charge on any atom is -0.493 e. The number of nitrogens with zero attached hydrogens (tertiary/aromatic N) is 3. The minimum atomic E-state index is -0.235. The number of ether oxygens (including phenoxy) is 2. The molecular formula is C23H21N5O3. The molecule has 8 heteroatoms. The monoisotopic (exact) mass is 415 g/mol. The molecular weight excluding hydrogens is 394 g/mol. The maximum atomic E-state index is 12.7. The zero-order chi connectivity index (χ0) is 21.8. The van der Waals surface area contributed by atoms with E-state index in [4.69, 9.17) is 9.47 Å². The summed E-state index contributed by atoms with van der Waals surface area (Å²) in [6.07, 6.45) is 3.25. The Hall–Kier alpha value is -4.20. The van der Waals surface area contributed by atoms with Crippen LogP contribution in [0.4, 0.5) is 11.6 Å². The van der Waals surface area contributed by atoms with E-state index in [1.165, 1.54) is 0 Å². The van der Waals surface area contributed by atoms with Gasteiger partial charge in [-0.15, -0.1) is 0 Å². The molecule has 156 valence electrons. The van der Waals surface area contributed by atoms with Gasteiger partial charge >= 0.3 is 0 Å². The van der Waals surface area contributed by atoms with Crippen LogP contribution in [0.25, 0.3) is 22.2 Å². The number of hydrogen-bond donors (Lipinski definition) is 2. The van der Waals surface area contributed by atoms with Gasteiger partial charge < -0.3 is 20.1 Å². The van der Waals surface area contributed by atoms with Gasteiger partial charge in [0.1, 0.15) is 0 Å². The zero-order valence-corrected chi connectivity index (χ0v) is 17.3. The average molecular weight is 415 g/mol. The fourth-order valence-electron chi connectivity index (χ4n) is 3.24. The second-order valence-electron chi connectivity index (χ2n) is 6.65. The van der Waals surface area contributed by atoms with Crippen LogP contribution < -0.4 is 20.1 Å². The van der Waals surface area contributed by atoms with Crippen molar-refractivity contribution in [1.82, 2.24) is 15.0 Å². The number of carbonyl (C=O) groups excluding carboxylic acids is 1. The number of aromatic nitrogens is 3. The van der Waals surface area contributed by atoms with Crippen molar-refractivity contribution >= 4 is 28.4 Å². The second-order valence-corrected chi connectivity index (χ2v) is 6.65. The van der Waals surface area contributed by atoms with Crippen molar-refractivity contribution in [2.75, 3.05) is 31.9 Å². The fourth-order valence-corrected chi connectivity index (χ4v) is 3.24. The van der Waals surface area contributed by atoms with E-state index in [1.807, 2.05) is 18.2 Å². The summed E-state index contributed by atoms with van der Waals surface area (Å²) < 4.78 is 10.9. The molecule has 2 aromatic carbocycles. The number of amides is 1. The van der Waals surface area contributed by atoms with Crippen molar-refractivity contribution in [2.45, 2.75) is 0 Å². The van der Waals surface area contributed by atoms with E-state index in [-0.39, 0.29) is 5.91 Å². The fraction of sp³-hybridized carbons (Fsp3) is 0.130. The third-order valence-corrected chi connectivity index (χ3v) is 4.74. The van der Waals surface area contributed by atoms with Gasteiger partial charge in [0, 0.05) is 35.8 Å². The summed E-state index contributed by atoms with van der Waals surface area (Å²) in [6.45, 7) is 0. The first kappa shape index (κ1) is 20.1. The number of rotatable bonds is 6. The van der Waals surface area contributed by atoms with Gasteiger partial charge in [-0.05, 0) is 30.3 Å². The topological polar surface area (TPSA) is 98.3 Å². The molecule has 0 radical (unpaired) electrons. The van der Waals surface area contributed by atoms with Crippen LogP contribution in [0, 0.1) is 0 Å². The van der Waals surface area contributed by atoms with Crippen LogP contribution in [0.1, 0.15) is 10.4 Å². The Morgan fingerprint density at radius 3 is 2.48 bits per heavy atom. The van der Waals surface area contributed by atoms with Gasteiger partial charge in [0.2, 0.25) is 5.95 Å². The summed E-state index contributed by atoms with van der Waals surface area (Å²) in [5, 5.41) is 6.61. The Kier molecular flexibility index (Phi) is 5.61. The normalized spacial score (nSPS) is 10.5. The maximum Gasteiger partial charge on any atom is 0.255 e. The van der Waals surface area contributed by atoms with Crippen molar-refractivity contribution < 1.29 is 14.3 Å². The van der Waals surface area contributed by atoms with Gasteiger partial charge in [-0.25, -0.2) is 9.97 Å². The SMILES string of the molecule is CNc1nc(-c2cccc(C(=O)Nc3cccnc3)c2)c2cc(OC)c(OC)cc2n1. The molecule has 0 fully saturated rings. The molecule has 4 aromatic rings. The highest BCUT2D eigenvalue weighted by Gasteiger charge is 2.16. The van der Waals surface area contributed by atoms with E-state index in [0.29, 0.717) is 39.9 Å². The van der Waals surface area contributed by atoms with Crippen molar-refractivity contribution in [2.24, 2.45) is 0 Å². The molecule has 0 aliphatic rings. The van der Waals surface area contributed by atoms with Crippen molar-refractivity contribution in [3.8, 4) is 22.8 Å². The van der Waals surface area contributed by atoms with Crippen LogP contribution in [-0.2, 0) is 0 Å². The van der Waals surface area contributed by atoms with E-state index < -0.39 is 0 Å². The summed E-state index contributed by atoms with van der Waals surface area (Å²) in [6, 6.07) is 14.5. The first-order valence-electron chi connectivity index (χ1n) is 9.56. The van der Waals surface area contributed by atoms with Crippen molar-refractivity contribution in [3.05, 3.63) is 66.5 Å². The summed E-state index contributed by atoms with van der Waals surface area (Å²) in [5.41, 5.74) is 3.26. The summed E-state index contributed by atoms with van der Waals surface area (Å²) >= 11 is 0. The lowest BCUT2D eigenvalue weighted by atomic mass is 10.0. The molecule has 4 rings (SSSR count). The van der Waals surface area contributed by atoms with Crippen molar-refractivity contribution in [3.63, 3.8) is 0 Å². The molecule has 0 aliphatic carbocycles. The van der Waals surface area contributed by atoms with Gasteiger partial charge in [-0.1, -0.05) is 12.1 Å². The quantitative estimate of drug-likeness (QED) is 0.491. The maximum absolute atomic E-state index is 12.7. The molecule has 2 heterocycles. The highest BCUT2D eigenvalue weighted by Crippen LogP contribution is 2.36. The molecule has 0 saturated heterocycles. The summed E-state index contributed by atoms with van der Waals surface area (Å²) in [7, 11) is 4.91. The van der Waals surface area contributed by atoms with Gasteiger partial charge in [0.05, 0.1) is 37.3 Å². The Balaban J connectivity index is 1.81. The number of hydrogen-bond acceptors (Lipinski definition) is 7. The molecule has 0 spiro atoms. The molecule has 31 heavy (non-hydrogen) atoms. The molecule has 8 nitrogen and oxygen atoms in total. The van der Waals surface area contributed by atoms with E-state index in [0.717, 1.165) is 10.9 Å². The molecule has 2 aromatic heterocycles. The number of carbonyl (C=O) groups is 1. The van der Waals surface area contributed by atoms with Gasteiger partial charge in [0.25, 0.3) is 5.91 Å². The van der Waals surface area contributed by atoms with Gasteiger partial charge in [0.15, 0.2) is 11.5 Å². The first-order chi connectivity index (χ1) is 15.1. The Bertz CT molecular complexity index is 1240. The van der Waals surface area contributed by atoms with Crippen LogP contribution >= 0.6 is 0 Å². The largest absolute Gasteiger partial charge is 0.493 e. The number of pyridine rings is 1. The number of anilines is 2. The minimum absolute atomic E-state index is 0.235. The van der Waals surface area contributed by atoms with E-state index in [9.17, 15) is 4.79 Å². The summed E-state index contributed by atoms with van der Waals surface area (Å²) in [5.74, 6) is 1.37. The van der Waals surface area contributed by atoms with E-state index in [1.54, 1.807) is 64.0 Å². The van der Waals surface area contributed by atoms with Crippen LogP contribution in [0.3, 0.4) is 0 Å². The van der Waals surface area contributed by atoms with Crippen LogP contribution in [0.2, 0.25) is 0 Å². The standard InChI is InChI=1S/C23H21N5O3/c1-24-23-27-18-12-20(31-3)19(30-2)11-17(18)21(28-23)14-6-4-7-15(10-14)22(29)26-16-8-5-9-25-13-16/h4-13H,1-3H3,(H,26,29)(H,24,27,28). The zero-order valence-electron chi connectivity index (χ0n) is 17.3. The number of fused-ring (bicyclic) bond motifs is 1. The first-order valence-corrected chi connectivity index (χ1v) is 9.56. The van der Waals surface area contributed by atoms with Crippen LogP contribution in [0.15, 0.2) is 60.9 Å². The molecule has 0 saturated carbocycles. The summed E-state index contributed by atoms with van der Waals surface area (Å²) in [4.78, 5) is 25.9.